The van der Waals surface area contributed by atoms with Crippen molar-refractivity contribution in [2.45, 2.75) is 71.7 Å². The second-order valence-corrected chi connectivity index (χ2v) is 13.5. The van der Waals surface area contributed by atoms with Crippen molar-refractivity contribution in [2.75, 3.05) is 57.3 Å². The van der Waals surface area contributed by atoms with Gasteiger partial charge in [0.05, 0.1) is 25.4 Å². The minimum atomic E-state index is -0.677. The SMILES string of the molecule is C/C=C\C1=C(c2ccc(NC(=O)CN(CCC)CCc3ccccc3)cc2)NC2C=CC(NC(O)[C@@H]3CCCN3c3ccccc3)=CC12.C=O.CC.CNCO.CO. The number of nitrogens with zero attached hydrogens (tertiary/aromatic N) is 2. The number of benzene rings is 3. The zero-order valence-electron chi connectivity index (χ0n) is 35.4. The highest BCUT2D eigenvalue weighted by Gasteiger charge is 2.35. The smallest absolute Gasteiger partial charge is 0.238 e. The summed E-state index contributed by atoms with van der Waals surface area (Å²) in [6.07, 6.45) is 14.0. The van der Waals surface area contributed by atoms with Crippen LogP contribution in [0.1, 0.15) is 58.1 Å². The van der Waals surface area contributed by atoms with Crippen molar-refractivity contribution in [3.63, 3.8) is 0 Å². The van der Waals surface area contributed by atoms with E-state index in [0.717, 1.165) is 80.8 Å². The van der Waals surface area contributed by atoms with Crippen LogP contribution in [0.4, 0.5) is 11.4 Å². The molecular weight excluding hydrogens is 729 g/mol. The van der Waals surface area contributed by atoms with Gasteiger partial charge in [0.25, 0.3) is 0 Å². The molecule has 58 heavy (non-hydrogen) atoms. The lowest BCUT2D eigenvalue weighted by atomic mass is 9.88. The van der Waals surface area contributed by atoms with E-state index in [2.05, 4.69) is 129 Å². The Balaban J connectivity index is 0.00000106. The molecule has 3 unspecified atom stereocenters. The van der Waals surface area contributed by atoms with E-state index in [9.17, 15) is 9.90 Å². The fraction of sp³-hybridized carbons (Fsp3) is 0.404. The highest BCUT2D eigenvalue weighted by Crippen LogP contribution is 2.37. The molecule has 0 spiro atoms. The van der Waals surface area contributed by atoms with Crippen LogP contribution < -0.4 is 26.2 Å². The maximum atomic E-state index is 13.0. The molecule has 3 aromatic carbocycles. The first-order valence-corrected chi connectivity index (χ1v) is 20.4. The molecule has 1 fully saturated rings. The molecule has 316 valence electrons. The second-order valence-electron chi connectivity index (χ2n) is 13.5. The van der Waals surface area contributed by atoms with Crippen LogP contribution in [0, 0.1) is 5.92 Å². The van der Waals surface area contributed by atoms with Crippen LogP contribution in [-0.2, 0) is 16.0 Å². The maximum Gasteiger partial charge on any atom is 0.238 e. The van der Waals surface area contributed by atoms with Gasteiger partial charge in [-0.15, -0.1) is 0 Å². The number of allylic oxidation sites excluding steroid dienone is 3. The fourth-order valence-electron chi connectivity index (χ4n) is 7.21. The number of aliphatic hydroxyl groups is 3. The van der Waals surface area contributed by atoms with Gasteiger partial charge in [-0.25, -0.2) is 0 Å². The van der Waals surface area contributed by atoms with Crippen LogP contribution in [0.25, 0.3) is 5.70 Å². The zero-order valence-corrected chi connectivity index (χ0v) is 35.4. The van der Waals surface area contributed by atoms with Crippen molar-refractivity contribution in [2.24, 2.45) is 5.92 Å². The van der Waals surface area contributed by atoms with E-state index in [1.54, 1.807) is 7.05 Å². The molecule has 1 saturated heterocycles. The number of para-hydroxylation sites is 1. The molecule has 4 atom stereocenters. The highest BCUT2D eigenvalue weighted by atomic mass is 16.3. The van der Waals surface area contributed by atoms with Gasteiger partial charge in [0.2, 0.25) is 5.91 Å². The average Bonchev–Trinajstić information content (AvgIpc) is 3.92. The Kier molecular flexibility index (Phi) is 24.0. The van der Waals surface area contributed by atoms with Gasteiger partial charge in [-0.1, -0.05) is 106 Å². The molecule has 1 aliphatic carbocycles. The first kappa shape index (κ1) is 49.1. The van der Waals surface area contributed by atoms with Crippen molar-refractivity contribution in [1.82, 2.24) is 20.9 Å². The lowest BCUT2D eigenvalue weighted by Gasteiger charge is -2.32. The predicted molar refractivity (Wildman–Crippen MR) is 240 cm³/mol. The van der Waals surface area contributed by atoms with Gasteiger partial charge >= 0.3 is 0 Å². The van der Waals surface area contributed by atoms with Crippen molar-refractivity contribution in [1.29, 1.82) is 0 Å². The van der Waals surface area contributed by atoms with Crippen LogP contribution in [0.2, 0.25) is 0 Å². The Labute approximate surface area is 347 Å². The minimum Gasteiger partial charge on any atom is -0.400 e. The van der Waals surface area contributed by atoms with Crippen molar-refractivity contribution >= 4 is 29.8 Å². The molecular formula is C47H68N6O5. The fourth-order valence-corrected chi connectivity index (χ4v) is 7.21. The Morgan fingerprint density at radius 2 is 1.64 bits per heavy atom. The molecule has 6 rings (SSSR count). The normalized spacial score (nSPS) is 18.1. The molecule has 1 amide bonds. The zero-order chi connectivity index (χ0) is 42.7. The Morgan fingerprint density at radius 1 is 1.00 bits per heavy atom. The summed E-state index contributed by atoms with van der Waals surface area (Å²) < 4.78 is 0. The number of nitrogens with one attached hydrogen (secondary N) is 4. The number of anilines is 2. The minimum absolute atomic E-state index is 0.00470. The summed E-state index contributed by atoms with van der Waals surface area (Å²) in [6.45, 7) is 13.3. The summed E-state index contributed by atoms with van der Waals surface area (Å²) in [5.74, 6) is 0.134. The summed E-state index contributed by atoms with van der Waals surface area (Å²) in [7, 11) is 2.68. The van der Waals surface area contributed by atoms with E-state index in [1.165, 1.54) is 11.1 Å². The Morgan fingerprint density at radius 3 is 2.24 bits per heavy atom. The number of carbonyl (C=O) groups excluding carboxylic acids is 2. The summed E-state index contributed by atoms with van der Waals surface area (Å²) >= 11 is 0. The third-order valence-corrected chi connectivity index (χ3v) is 9.68. The molecule has 2 aliphatic heterocycles. The van der Waals surface area contributed by atoms with Gasteiger partial charge in [-0.3, -0.25) is 15.0 Å². The number of aliphatic hydroxyl groups excluding tert-OH is 3. The quantitative estimate of drug-likeness (QED) is 0.0902. The molecule has 7 N–H and O–H groups in total. The Bertz CT molecular complexity index is 1700. The van der Waals surface area contributed by atoms with Crippen molar-refractivity contribution < 1.29 is 24.9 Å². The number of carbonyl (C=O) groups is 2. The molecule has 2 heterocycles. The number of rotatable bonds is 15. The topological polar surface area (TPSA) is 149 Å². The standard InChI is InChI=1S/C41H49N5O2.C2H7NO.C2H6.CH4O.CH2O/c1-3-12-35-36-28-33(43-41(48)38-17-11-26-46(38)34-15-9-6-10-16-34)22-23-37(36)44-40(35)31-18-20-32(21-19-31)42-39(47)29-45(25-4-2)27-24-30-13-7-5-8-14-30;1-3-2-4;3*1-2/h3,5-10,12-16,18-23,28,36-38,41,43-44,48H,4,11,17,24-27,29H2,1-2H3,(H,42,47);3-4H,2H2,1H3;1-2H3;2H,1H3;1H2/b12-3-;;;;/t36?,37?,38-,41?;;;;/m0..../s1. The molecule has 3 aromatic rings. The Hall–Kier alpha value is -5.04. The lowest BCUT2D eigenvalue weighted by molar-refractivity contribution is -0.117. The van der Waals surface area contributed by atoms with E-state index < -0.39 is 6.23 Å². The first-order chi connectivity index (χ1) is 28.4. The van der Waals surface area contributed by atoms with Gasteiger partial charge in [0.15, 0.2) is 0 Å². The third kappa shape index (κ3) is 15.0. The van der Waals surface area contributed by atoms with Crippen LogP contribution in [0.3, 0.4) is 0 Å². The van der Waals surface area contributed by atoms with Gasteiger partial charge in [-0.2, -0.15) is 0 Å². The van der Waals surface area contributed by atoms with E-state index in [-0.39, 0.29) is 30.6 Å². The van der Waals surface area contributed by atoms with Crippen LogP contribution >= 0.6 is 0 Å². The summed E-state index contributed by atoms with van der Waals surface area (Å²) in [5, 5.41) is 38.8. The van der Waals surface area contributed by atoms with Gasteiger partial charge in [0, 0.05) is 48.9 Å². The molecule has 3 aliphatic rings. The van der Waals surface area contributed by atoms with Gasteiger partial charge in [-0.05, 0) is 93.2 Å². The van der Waals surface area contributed by atoms with Crippen LogP contribution in [-0.4, -0.2) is 98.3 Å². The molecule has 0 bridgehead atoms. The van der Waals surface area contributed by atoms with E-state index in [0.29, 0.717) is 6.54 Å². The van der Waals surface area contributed by atoms with Crippen LogP contribution in [0.5, 0.6) is 0 Å². The van der Waals surface area contributed by atoms with Gasteiger partial charge < -0.3 is 41.0 Å². The van der Waals surface area contributed by atoms with Crippen LogP contribution in [0.15, 0.2) is 127 Å². The number of hydrogen-bond donors (Lipinski definition) is 7. The largest absolute Gasteiger partial charge is 0.400 e. The van der Waals surface area contributed by atoms with E-state index in [1.807, 2.05) is 51.8 Å². The summed E-state index contributed by atoms with van der Waals surface area (Å²) in [4.78, 5) is 25.6. The lowest BCUT2D eigenvalue weighted by Crippen LogP contribution is -2.47. The highest BCUT2D eigenvalue weighted by molar-refractivity contribution is 5.92. The number of amides is 1. The monoisotopic (exact) mass is 797 g/mol. The molecule has 0 radical (unpaired) electrons. The maximum absolute atomic E-state index is 13.0. The molecule has 11 heteroatoms. The molecule has 0 aromatic heterocycles. The van der Waals surface area contributed by atoms with Gasteiger partial charge in [0.1, 0.15) is 13.0 Å². The molecule has 0 saturated carbocycles. The first-order valence-electron chi connectivity index (χ1n) is 20.4. The van der Waals surface area contributed by atoms with E-state index >= 15 is 0 Å². The molecule has 11 nitrogen and oxygen atoms in total. The predicted octanol–water partition coefficient (Wildman–Crippen LogP) is 6.09. The summed E-state index contributed by atoms with van der Waals surface area (Å²) in [5.41, 5.74) is 7.54. The second kappa shape index (κ2) is 28.4. The van der Waals surface area contributed by atoms with E-state index in [4.69, 9.17) is 15.0 Å². The van der Waals surface area contributed by atoms with Crippen molar-refractivity contribution in [3.05, 3.63) is 138 Å². The van der Waals surface area contributed by atoms with Crippen molar-refractivity contribution in [3.8, 4) is 0 Å². The number of hydrogen-bond acceptors (Lipinski definition) is 10. The summed E-state index contributed by atoms with van der Waals surface area (Å²) in [6, 6.07) is 29.1. The number of fused-ring (bicyclic) bond motifs is 1. The third-order valence-electron chi connectivity index (χ3n) is 9.68. The average molecular weight is 797 g/mol.